The molecule has 0 aromatic heterocycles. The number of alkyl halides is 3. The second-order valence-corrected chi connectivity index (χ2v) is 4.56. The van der Waals surface area contributed by atoms with Crippen LogP contribution in [0.4, 0.5) is 23.2 Å². The SMILES string of the molecule is COC(=O)[C@@](O)(CC(=O)Nc1cc(C)ccc1F)C(F)(F)F. The van der Waals surface area contributed by atoms with Crippen LogP contribution in [0, 0.1) is 12.7 Å². The van der Waals surface area contributed by atoms with Gasteiger partial charge in [-0.1, -0.05) is 6.07 Å². The molecule has 0 unspecified atom stereocenters. The number of amides is 1. The Morgan fingerprint density at radius 1 is 1.32 bits per heavy atom. The number of hydrogen-bond donors (Lipinski definition) is 2. The lowest BCUT2D eigenvalue weighted by Crippen LogP contribution is -2.54. The molecule has 9 heteroatoms. The zero-order valence-electron chi connectivity index (χ0n) is 11.6. The summed E-state index contributed by atoms with van der Waals surface area (Å²) in [4.78, 5) is 22.8. The molecule has 1 amide bonds. The number of methoxy groups -OCH3 is 1. The molecule has 22 heavy (non-hydrogen) atoms. The minimum atomic E-state index is -5.43. The van der Waals surface area contributed by atoms with Gasteiger partial charge in [-0.2, -0.15) is 13.2 Å². The number of hydrogen-bond acceptors (Lipinski definition) is 4. The zero-order valence-corrected chi connectivity index (χ0v) is 11.6. The molecule has 0 fully saturated rings. The first-order valence-corrected chi connectivity index (χ1v) is 5.95. The lowest BCUT2D eigenvalue weighted by molar-refractivity contribution is -0.261. The molecule has 1 aromatic rings. The van der Waals surface area contributed by atoms with Crippen LogP contribution < -0.4 is 5.32 Å². The predicted octanol–water partition coefficient (Wildman–Crippen LogP) is 1.93. The first kappa shape index (κ1) is 17.9. The maximum Gasteiger partial charge on any atom is 0.428 e. The predicted molar refractivity (Wildman–Crippen MR) is 67.4 cm³/mol. The van der Waals surface area contributed by atoms with Crippen molar-refractivity contribution in [2.45, 2.75) is 25.1 Å². The van der Waals surface area contributed by atoms with Crippen LogP contribution in [0.25, 0.3) is 0 Å². The fraction of sp³-hybridized carbons (Fsp3) is 0.385. The molecular weight excluding hydrogens is 310 g/mol. The molecule has 0 saturated heterocycles. The molecule has 0 aliphatic heterocycles. The minimum absolute atomic E-state index is 0.362. The Labute approximate surface area is 122 Å². The van der Waals surface area contributed by atoms with E-state index in [4.69, 9.17) is 0 Å². The second-order valence-electron chi connectivity index (χ2n) is 4.56. The molecule has 1 atom stereocenters. The van der Waals surface area contributed by atoms with E-state index in [1.54, 1.807) is 6.92 Å². The third kappa shape index (κ3) is 3.73. The van der Waals surface area contributed by atoms with Gasteiger partial charge in [0.25, 0.3) is 5.60 Å². The zero-order chi connectivity index (χ0) is 17.1. The van der Waals surface area contributed by atoms with Gasteiger partial charge in [0.2, 0.25) is 5.91 Å². The molecule has 0 heterocycles. The maximum absolute atomic E-state index is 13.4. The third-order valence-electron chi connectivity index (χ3n) is 2.80. The van der Waals surface area contributed by atoms with Crippen LogP contribution in [0.15, 0.2) is 18.2 Å². The van der Waals surface area contributed by atoms with Gasteiger partial charge >= 0.3 is 12.1 Å². The normalized spacial score (nSPS) is 14.1. The van der Waals surface area contributed by atoms with Crippen LogP contribution in [0.2, 0.25) is 0 Å². The van der Waals surface area contributed by atoms with Crippen molar-refractivity contribution in [3.63, 3.8) is 0 Å². The van der Waals surface area contributed by atoms with Crippen molar-refractivity contribution >= 4 is 17.6 Å². The number of anilines is 1. The van der Waals surface area contributed by atoms with Gasteiger partial charge in [-0.05, 0) is 24.6 Å². The van der Waals surface area contributed by atoms with E-state index >= 15 is 0 Å². The summed E-state index contributed by atoms with van der Waals surface area (Å²) in [5.41, 5.74) is -3.82. The smallest absolute Gasteiger partial charge is 0.428 e. The standard InChI is InChI=1S/C13H13F4NO4/c1-7-3-4-8(14)9(5-7)18-10(19)6-12(21,11(20)22-2)13(15,16)17/h3-5,21H,6H2,1-2H3,(H,18,19)/t12-/m0/s1. The highest BCUT2D eigenvalue weighted by Gasteiger charge is 2.61. The fourth-order valence-electron chi connectivity index (χ4n) is 1.62. The first-order chi connectivity index (χ1) is 10.0. The number of benzene rings is 1. The number of esters is 1. The molecule has 122 valence electrons. The Bertz CT molecular complexity index is 588. The van der Waals surface area contributed by atoms with E-state index in [2.05, 4.69) is 4.74 Å². The molecular formula is C13H13F4NO4. The minimum Gasteiger partial charge on any atom is -0.467 e. The average molecular weight is 323 g/mol. The summed E-state index contributed by atoms with van der Waals surface area (Å²) in [5.74, 6) is -4.29. The van der Waals surface area contributed by atoms with Gasteiger partial charge in [-0.15, -0.1) is 0 Å². The van der Waals surface area contributed by atoms with Crippen molar-refractivity contribution in [3.8, 4) is 0 Å². The summed E-state index contributed by atoms with van der Waals surface area (Å²) in [6, 6.07) is 3.60. The summed E-state index contributed by atoms with van der Waals surface area (Å²) < 4.78 is 55.6. The van der Waals surface area contributed by atoms with Crippen LogP contribution >= 0.6 is 0 Å². The molecule has 1 aromatic carbocycles. The summed E-state index contributed by atoms with van der Waals surface area (Å²) in [5, 5.41) is 11.3. The summed E-state index contributed by atoms with van der Waals surface area (Å²) in [6.45, 7) is 1.58. The quantitative estimate of drug-likeness (QED) is 0.656. The molecule has 0 saturated carbocycles. The van der Waals surface area contributed by atoms with Crippen molar-refractivity contribution in [3.05, 3.63) is 29.6 Å². The van der Waals surface area contributed by atoms with Crippen LogP contribution in [0.1, 0.15) is 12.0 Å². The van der Waals surface area contributed by atoms with Crippen molar-refractivity contribution in [2.75, 3.05) is 12.4 Å². The topological polar surface area (TPSA) is 75.6 Å². The highest BCUT2D eigenvalue weighted by Crippen LogP contribution is 2.34. The Balaban J connectivity index is 2.98. The van der Waals surface area contributed by atoms with E-state index < -0.39 is 35.9 Å². The number of aryl methyl sites for hydroxylation is 1. The van der Waals surface area contributed by atoms with Crippen molar-refractivity contribution in [2.24, 2.45) is 0 Å². The number of rotatable bonds is 4. The molecule has 0 bridgehead atoms. The van der Waals surface area contributed by atoms with Gasteiger partial charge in [0.15, 0.2) is 0 Å². The lowest BCUT2D eigenvalue weighted by atomic mass is 9.98. The van der Waals surface area contributed by atoms with Crippen molar-refractivity contribution in [1.29, 1.82) is 0 Å². The number of ether oxygens (including phenoxy) is 1. The monoisotopic (exact) mass is 323 g/mol. The van der Waals surface area contributed by atoms with Gasteiger partial charge in [0, 0.05) is 0 Å². The van der Waals surface area contributed by atoms with Crippen LogP contribution in [0.3, 0.4) is 0 Å². The Morgan fingerprint density at radius 2 is 1.91 bits per heavy atom. The van der Waals surface area contributed by atoms with Gasteiger partial charge in [-0.25, -0.2) is 9.18 Å². The summed E-state index contributed by atoms with van der Waals surface area (Å²) >= 11 is 0. The van der Waals surface area contributed by atoms with E-state index in [1.165, 1.54) is 12.1 Å². The van der Waals surface area contributed by atoms with Crippen LogP contribution in [0.5, 0.6) is 0 Å². The second kappa shape index (κ2) is 6.30. The molecule has 0 radical (unpaired) electrons. The number of carbonyl (C=O) groups is 2. The highest BCUT2D eigenvalue weighted by molar-refractivity contribution is 5.96. The number of aliphatic hydroxyl groups is 1. The van der Waals surface area contributed by atoms with Crippen molar-refractivity contribution in [1.82, 2.24) is 0 Å². The highest BCUT2D eigenvalue weighted by atomic mass is 19.4. The molecule has 5 nitrogen and oxygen atoms in total. The fourth-order valence-corrected chi connectivity index (χ4v) is 1.62. The summed E-state index contributed by atoms with van der Waals surface area (Å²) in [7, 11) is 0.636. The molecule has 0 aliphatic rings. The van der Waals surface area contributed by atoms with E-state index in [9.17, 15) is 32.3 Å². The third-order valence-corrected chi connectivity index (χ3v) is 2.80. The summed E-state index contributed by atoms with van der Waals surface area (Å²) in [6.07, 6.45) is -7.08. The number of carbonyl (C=O) groups excluding carboxylic acids is 2. The number of nitrogens with one attached hydrogen (secondary N) is 1. The van der Waals surface area contributed by atoms with Gasteiger partial charge < -0.3 is 15.2 Å². The first-order valence-electron chi connectivity index (χ1n) is 5.95. The lowest BCUT2D eigenvalue weighted by Gasteiger charge is -2.26. The van der Waals surface area contributed by atoms with E-state index in [0.717, 1.165) is 6.07 Å². The Hall–Kier alpha value is -2.16. The van der Waals surface area contributed by atoms with Gasteiger partial charge in [-0.3, -0.25) is 4.79 Å². The van der Waals surface area contributed by atoms with Crippen LogP contribution in [-0.2, 0) is 14.3 Å². The molecule has 0 aliphatic carbocycles. The van der Waals surface area contributed by atoms with Gasteiger partial charge in [0.1, 0.15) is 5.82 Å². The Morgan fingerprint density at radius 3 is 2.41 bits per heavy atom. The average Bonchev–Trinajstić information content (AvgIpc) is 2.40. The Kier molecular flexibility index (Phi) is 5.13. The molecule has 2 N–H and O–H groups in total. The van der Waals surface area contributed by atoms with Crippen LogP contribution in [-0.4, -0.2) is 35.9 Å². The largest absolute Gasteiger partial charge is 0.467 e. The number of halogens is 4. The van der Waals surface area contributed by atoms with E-state index in [1.807, 2.05) is 5.32 Å². The molecule has 1 rings (SSSR count). The van der Waals surface area contributed by atoms with E-state index in [0.29, 0.717) is 12.7 Å². The van der Waals surface area contributed by atoms with E-state index in [-0.39, 0.29) is 5.69 Å². The van der Waals surface area contributed by atoms with Crippen molar-refractivity contribution < 1.29 is 37.0 Å². The maximum atomic E-state index is 13.4. The molecule has 0 spiro atoms. The van der Waals surface area contributed by atoms with Gasteiger partial charge in [0.05, 0.1) is 19.2 Å².